The van der Waals surface area contributed by atoms with Crippen molar-refractivity contribution in [1.82, 2.24) is 0 Å². The summed E-state index contributed by atoms with van der Waals surface area (Å²) in [4.78, 5) is 0. The van der Waals surface area contributed by atoms with Crippen LogP contribution in [0.3, 0.4) is 0 Å². The zero-order valence-corrected chi connectivity index (χ0v) is 9.78. The molecule has 0 atom stereocenters. The highest BCUT2D eigenvalue weighted by molar-refractivity contribution is 5.19. The highest BCUT2D eigenvalue weighted by Gasteiger charge is 2.33. The Kier molecular flexibility index (Phi) is 4.44. The minimum absolute atomic E-state index is 0.0853. The van der Waals surface area contributed by atoms with E-state index in [0.29, 0.717) is 12.0 Å². The topological polar surface area (TPSA) is 40.5 Å². The second-order valence-corrected chi connectivity index (χ2v) is 4.60. The van der Waals surface area contributed by atoms with Gasteiger partial charge in [0.2, 0.25) is 0 Å². The molecule has 2 nitrogen and oxygen atoms in total. The number of benzene rings is 1. The lowest BCUT2D eigenvalue weighted by Crippen LogP contribution is -2.38. The van der Waals surface area contributed by atoms with Crippen LogP contribution in [0.15, 0.2) is 24.3 Å². The van der Waals surface area contributed by atoms with Crippen LogP contribution in [-0.4, -0.2) is 23.4 Å². The van der Waals surface area contributed by atoms with E-state index in [2.05, 4.69) is 0 Å². The molecule has 0 fully saturated rings. The van der Waals surface area contributed by atoms with E-state index >= 15 is 0 Å². The highest BCUT2D eigenvalue weighted by atomic mass is 19.1. The first-order chi connectivity index (χ1) is 7.55. The first-order valence-corrected chi connectivity index (χ1v) is 5.51. The molecule has 0 saturated heterocycles. The lowest BCUT2D eigenvalue weighted by molar-refractivity contribution is 0.0157. The Morgan fingerprint density at radius 1 is 1.19 bits per heavy atom. The smallest absolute Gasteiger partial charge is 0.126 e. The van der Waals surface area contributed by atoms with Crippen LogP contribution in [0.1, 0.15) is 19.4 Å². The van der Waals surface area contributed by atoms with Gasteiger partial charge in [0, 0.05) is 5.41 Å². The summed E-state index contributed by atoms with van der Waals surface area (Å²) in [5.74, 6) is -0.198. The predicted octanol–water partition coefficient (Wildman–Crippen LogP) is 2.00. The van der Waals surface area contributed by atoms with E-state index in [4.69, 9.17) is 0 Å². The van der Waals surface area contributed by atoms with Gasteiger partial charge in [-0.05, 0) is 24.0 Å². The second-order valence-electron chi connectivity index (χ2n) is 4.60. The molecule has 2 N–H and O–H groups in total. The van der Waals surface area contributed by atoms with Crippen LogP contribution < -0.4 is 0 Å². The maximum absolute atomic E-state index is 13.5. The molecule has 1 aromatic rings. The van der Waals surface area contributed by atoms with Gasteiger partial charge < -0.3 is 10.2 Å². The number of aliphatic hydroxyl groups excluding tert-OH is 2. The Morgan fingerprint density at radius 2 is 1.75 bits per heavy atom. The Bertz CT molecular complexity index is 332. The van der Waals surface area contributed by atoms with E-state index in [0.717, 1.165) is 0 Å². The summed E-state index contributed by atoms with van der Waals surface area (Å²) in [5, 5.41) is 18.8. The van der Waals surface area contributed by atoms with Crippen LogP contribution in [0.25, 0.3) is 0 Å². The number of hydrogen-bond acceptors (Lipinski definition) is 2. The minimum atomic E-state index is -0.651. The van der Waals surface area contributed by atoms with Crippen molar-refractivity contribution in [2.75, 3.05) is 13.2 Å². The number of halogens is 1. The average molecular weight is 226 g/mol. The third kappa shape index (κ3) is 2.60. The minimum Gasteiger partial charge on any atom is -0.396 e. The largest absolute Gasteiger partial charge is 0.396 e. The first-order valence-electron chi connectivity index (χ1n) is 5.51. The average Bonchev–Trinajstić information content (AvgIpc) is 2.28. The van der Waals surface area contributed by atoms with Crippen LogP contribution in [0.4, 0.5) is 4.39 Å². The van der Waals surface area contributed by atoms with Crippen molar-refractivity contribution in [2.45, 2.75) is 20.3 Å². The van der Waals surface area contributed by atoms with Gasteiger partial charge in [-0.2, -0.15) is 0 Å². The maximum atomic E-state index is 13.5. The molecule has 0 radical (unpaired) electrons. The van der Waals surface area contributed by atoms with E-state index in [1.165, 1.54) is 6.07 Å². The van der Waals surface area contributed by atoms with Crippen molar-refractivity contribution in [3.8, 4) is 0 Å². The molecule has 0 amide bonds. The van der Waals surface area contributed by atoms with Crippen LogP contribution in [0.5, 0.6) is 0 Å². The monoisotopic (exact) mass is 226 g/mol. The van der Waals surface area contributed by atoms with E-state index in [1.807, 2.05) is 13.8 Å². The van der Waals surface area contributed by atoms with Gasteiger partial charge in [-0.25, -0.2) is 4.39 Å². The summed E-state index contributed by atoms with van der Waals surface area (Å²) in [5.41, 5.74) is -0.110. The van der Waals surface area contributed by atoms with Crippen molar-refractivity contribution < 1.29 is 14.6 Å². The maximum Gasteiger partial charge on any atom is 0.126 e. The SMILES string of the molecule is CC(C)C(CO)(CO)Cc1ccccc1F. The Hall–Kier alpha value is -0.930. The van der Waals surface area contributed by atoms with Crippen molar-refractivity contribution in [3.05, 3.63) is 35.6 Å². The molecule has 0 aliphatic heterocycles. The number of rotatable bonds is 5. The van der Waals surface area contributed by atoms with Crippen molar-refractivity contribution >= 4 is 0 Å². The molecule has 3 heteroatoms. The fourth-order valence-electron chi connectivity index (χ4n) is 1.75. The van der Waals surface area contributed by atoms with Gasteiger partial charge in [-0.1, -0.05) is 32.0 Å². The molecule has 1 aromatic carbocycles. The van der Waals surface area contributed by atoms with Crippen LogP contribution in [0, 0.1) is 17.2 Å². The van der Waals surface area contributed by atoms with E-state index in [-0.39, 0.29) is 24.9 Å². The molecule has 0 unspecified atom stereocenters. The van der Waals surface area contributed by atoms with Gasteiger partial charge in [-0.15, -0.1) is 0 Å². The summed E-state index contributed by atoms with van der Waals surface area (Å²) in [7, 11) is 0. The number of aliphatic hydroxyl groups is 2. The quantitative estimate of drug-likeness (QED) is 0.806. The van der Waals surface area contributed by atoms with Crippen LogP contribution in [0.2, 0.25) is 0 Å². The van der Waals surface area contributed by atoms with Gasteiger partial charge in [0.1, 0.15) is 5.82 Å². The highest BCUT2D eigenvalue weighted by Crippen LogP contribution is 2.31. The van der Waals surface area contributed by atoms with E-state index < -0.39 is 5.41 Å². The summed E-state index contributed by atoms with van der Waals surface area (Å²) in [6.07, 6.45) is 0.352. The molecular weight excluding hydrogens is 207 g/mol. The molecule has 0 aliphatic rings. The normalized spacial score (nSPS) is 12.1. The molecule has 0 saturated carbocycles. The van der Waals surface area contributed by atoms with Gasteiger partial charge >= 0.3 is 0 Å². The van der Waals surface area contributed by atoms with Gasteiger partial charge in [0.25, 0.3) is 0 Å². The summed E-state index contributed by atoms with van der Waals surface area (Å²) < 4.78 is 13.5. The van der Waals surface area contributed by atoms with Crippen molar-refractivity contribution in [3.63, 3.8) is 0 Å². The van der Waals surface area contributed by atoms with Crippen LogP contribution >= 0.6 is 0 Å². The van der Waals surface area contributed by atoms with Crippen molar-refractivity contribution in [2.24, 2.45) is 11.3 Å². The molecule has 0 heterocycles. The molecule has 16 heavy (non-hydrogen) atoms. The number of hydrogen-bond donors (Lipinski definition) is 2. The summed E-state index contributed by atoms with van der Waals surface area (Å²) in [6.45, 7) is 3.56. The standard InChI is InChI=1S/C13H19FO2/c1-10(2)13(8-15,9-16)7-11-5-3-4-6-12(11)14/h3-6,10,15-16H,7-9H2,1-2H3. The van der Waals surface area contributed by atoms with E-state index in [9.17, 15) is 14.6 Å². The Morgan fingerprint density at radius 3 is 2.19 bits per heavy atom. The Labute approximate surface area is 95.7 Å². The van der Waals surface area contributed by atoms with Gasteiger partial charge in [0.15, 0.2) is 0 Å². The zero-order valence-electron chi connectivity index (χ0n) is 9.78. The molecule has 90 valence electrons. The predicted molar refractivity (Wildman–Crippen MR) is 61.5 cm³/mol. The zero-order chi connectivity index (χ0) is 12.2. The lowest BCUT2D eigenvalue weighted by atomic mass is 9.74. The fourth-order valence-corrected chi connectivity index (χ4v) is 1.75. The van der Waals surface area contributed by atoms with Crippen molar-refractivity contribution in [1.29, 1.82) is 0 Å². The Balaban J connectivity index is 2.96. The fraction of sp³-hybridized carbons (Fsp3) is 0.538. The van der Waals surface area contributed by atoms with Gasteiger partial charge in [0.05, 0.1) is 13.2 Å². The molecule has 0 aliphatic carbocycles. The van der Waals surface area contributed by atoms with Gasteiger partial charge in [-0.3, -0.25) is 0 Å². The molecule has 0 spiro atoms. The third-order valence-electron chi connectivity index (χ3n) is 3.35. The molecule has 1 rings (SSSR count). The lowest BCUT2D eigenvalue weighted by Gasteiger charge is -2.34. The summed E-state index contributed by atoms with van der Waals surface area (Å²) >= 11 is 0. The third-order valence-corrected chi connectivity index (χ3v) is 3.35. The second kappa shape index (κ2) is 5.41. The van der Waals surface area contributed by atoms with Crippen LogP contribution in [-0.2, 0) is 6.42 Å². The first kappa shape index (κ1) is 13.1. The molecule has 0 aromatic heterocycles. The molecule has 0 bridgehead atoms. The van der Waals surface area contributed by atoms with E-state index in [1.54, 1.807) is 18.2 Å². The summed E-state index contributed by atoms with van der Waals surface area (Å²) in [6, 6.07) is 6.49. The molecular formula is C13H19FO2.